The van der Waals surface area contributed by atoms with Gasteiger partial charge in [0.2, 0.25) is 5.91 Å². The number of carbonyl (C=O) groups excluding carboxylic acids is 1. The highest BCUT2D eigenvalue weighted by molar-refractivity contribution is 8.00. The number of anilines is 2. The average molecular weight is 290 g/mol. The van der Waals surface area contributed by atoms with Gasteiger partial charge in [-0.1, -0.05) is 13.3 Å². The van der Waals surface area contributed by atoms with E-state index in [0.29, 0.717) is 11.8 Å². The van der Waals surface area contributed by atoms with Crippen LogP contribution >= 0.6 is 11.8 Å². The second kappa shape index (κ2) is 6.08. The predicted molar refractivity (Wildman–Crippen MR) is 85.5 cm³/mol. The van der Waals surface area contributed by atoms with Crippen molar-refractivity contribution in [2.45, 2.75) is 50.0 Å². The molecule has 1 amide bonds. The van der Waals surface area contributed by atoms with E-state index in [-0.39, 0.29) is 5.91 Å². The number of fused-ring (bicyclic) bond motifs is 1. The van der Waals surface area contributed by atoms with Gasteiger partial charge in [0.15, 0.2) is 0 Å². The molecule has 0 aromatic heterocycles. The molecule has 2 N–H and O–H groups in total. The molecule has 1 fully saturated rings. The van der Waals surface area contributed by atoms with E-state index in [4.69, 9.17) is 0 Å². The summed E-state index contributed by atoms with van der Waals surface area (Å²) in [7, 11) is 0. The quantitative estimate of drug-likeness (QED) is 0.880. The predicted octanol–water partition coefficient (Wildman–Crippen LogP) is 4.11. The molecule has 1 heterocycles. The highest BCUT2D eigenvalue weighted by Crippen LogP contribution is 2.34. The molecule has 0 spiro atoms. The molecule has 0 bridgehead atoms. The van der Waals surface area contributed by atoms with E-state index in [1.54, 1.807) is 11.8 Å². The summed E-state index contributed by atoms with van der Waals surface area (Å²) in [4.78, 5) is 12.6. The average Bonchev–Trinajstić information content (AvgIpc) is 2.47. The highest BCUT2D eigenvalue weighted by Gasteiger charge is 2.20. The van der Waals surface area contributed by atoms with Crippen LogP contribution in [0.1, 0.15) is 39.0 Å². The monoisotopic (exact) mass is 290 g/mol. The number of hydrogen-bond donors (Lipinski definition) is 2. The van der Waals surface area contributed by atoms with Crippen molar-refractivity contribution < 1.29 is 4.79 Å². The van der Waals surface area contributed by atoms with E-state index in [9.17, 15) is 4.79 Å². The van der Waals surface area contributed by atoms with Crippen LogP contribution in [0, 0.1) is 5.92 Å². The fraction of sp³-hybridized carbons (Fsp3) is 0.562. The van der Waals surface area contributed by atoms with Gasteiger partial charge in [0.1, 0.15) is 0 Å². The van der Waals surface area contributed by atoms with Crippen molar-refractivity contribution in [3.8, 4) is 0 Å². The third-order valence-corrected chi connectivity index (χ3v) is 5.48. The second-order valence-electron chi connectivity index (χ2n) is 5.82. The van der Waals surface area contributed by atoms with Crippen molar-refractivity contribution >= 4 is 29.0 Å². The SMILES string of the molecule is CCC1CCC(Nc2ccc3c(c2)NC(=O)CS3)CC1. The van der Waals surface area contributed by atoms with E-state index < -0.39 is 0 Å². The molecular formula is C16H22N2OS. The van der Waals surface area contributed by atoms with Crippen LogP contribution in [-0.4, -0.2) is 17.7 Å². The molecule has 3 nitrogen and oxygen atoms in total. The first-order chi connectivity index (χ1) is 9.74. The minimum atomic E-state index is 0.100. The second-order valence-corrected chi connectivity index (χ2v) is 6.84. The molecule has 1 saturated carbocycles. The Morgan fingerprint density at radius 3 is 2.85 bits per heavy atom. The van der Waals surface area contributed by atoms with E-state index in [1.165, 1.54) is 37.0 Å². The Labute approximate surface area is 124 Å². The van der Waals surface area contributed by atoms with Gasteiger partial charge in [0.05, 0.1) is 11.4 Å². The summed E-state index contributed by atoms with van der Waals surface area (Å²) in [6.07, 6.45) is 6.51. The third kappa shape index (κ3) is 3.11. The van der Waals surface area contributed by atoms with E-state index in [2.05, 4.69) is 35.8 Å². The van der Waals surface area contributed by atoms with Crippen LogP contribution < -0.4 is 10.6 Å². The molecular weight excluding hydrogens is 268 g/mol. The molecule has 108 valence electrons. The van der Waals surface area contributed by atoms with E-state index in [1.807, 2.05) is 0 Å². The van der Waals surface area contributed by atoms with Crippen molar-refractivity contribution in [3.05, 3.63) is 18.2 Å². The Kier molecular flexibility index (Phi) is 4.20. The van der Waals surface area contributed by atoms with Crippen molar-refractivity contribution in [2.75, 3.05) is 16.4 Å². The van der Waals surface area contributed by atoms with Gasteiger partial charge in [-0.15, -0.1) is 11.8 Å². The van der Waals surface area contributed by atoms with Gasteiger partial charge in [-0.2, -0.15) is 0 Å². The Morgan fingerprint density at radius 1 is 1.30 bits per heavy atom. The Balaban J connectivity index is 1.64. The van der Waals surface area contributed by atoms with Crippen LogP contribution in [0.2, 0.25) is 0 Å². The number of benzene rings is 1. The van der Waals surface area contributed by atoms with Crippen molar-refractivity contribution in [1.29, 1.82) is 0 Å². The third-order valence-electron chi connectivity index (χ3n) is 4.41. The normalized spacial score (nSPS) is 25.8. The molecule has 0 saturated heterocycles. The molecule has 0 radical (unpaired) electrons. The molecule has 20 heavy (non-hydrogen) atoms. The first-order valence-corrected chi connectivity index (χ1v) is 8.56. The van der Waals surface area contributed by atoms with E-state index in [0.717, 1.165) is 17.3 Å². The van der Waals surface area contributed by atoms with Crippen LogP contribution in [-0.2, 0) is 4.79 Å². The minimum absolute atomic E-state index is 0.100. The summed E-state index contributed by atoms with van der Waals surface area (Å²) < 4.78 is 0. The van der Waals surface area contributed by atoms with Gasteiger partial charge in [-0.25, -0.2) is 0 Å². The molecule has 1 aromatic carbocycles. The van der Waals surface area contributed by atoms with Crippen LogP contribution in [0.15, 0.2) is 23.1 Å². The molecule has 1 aliphatic carbocycles. The minimum Gasteiger partial charge on any atom is -0.382 e. The molecule has 0 atom stereocenters. The lowest BCUT2D eigenvalue weighted by Crippen LogP contribution is -2.26. The van der Waals surface area contributed by atoms with Gasteiger partial charge >= 0.3 is 0 Å². The molecule has 1 aliphatic heterocycles. The van der Waals surface area contributed by atoms with Gasteiger partial charge in [-0.3, -0.25) is 4.79 Å². The Hall–Kier alpha value is -1.16. The first-order valence-electron chi connectivity index (χ1n) is 7.58. The Morgan fingerprint density at radius 2 is 2.10 bits per heavy atom. The van der Waals surface area contributed by atoms with Gasteiger partial charge < -0.3 is 10.6 Å². The fourth-order valence-corrected chi connectivity index (χ4v) is 3.91. The zero-order valence-electron chi connectivity index (χ0n) is 11.9. The number of amides is 1. The summed E-state index contributed by atoms with van der Waals surface area (Å²) in [5, 5.41) is 6.58. The molecule has 4 heteroatoms. The molecule has 2 aliphatic rings. The number of carbonyl (C=O) groups is 1. The summed E-state index contributed by atoms with van der Waals surface area (Å²) in [6.45, 7) is 2.29. The zero-order valence-corrected chi connectivity index (χ0v) is 12.8. The van der Waals surface area contributed by atoms with Gasteiger partial charge in [0.25, 0.3) is 0 Å². The lowest BCUT2D eigenvalue weighted by atomic mass is 9.84. The number of nitrogens with one attached hydrogen (secondary N) is 2. The van der Waals surface area contributed by atoms with Crippen LogP contribution in [0.4, 0.5) is 11.4 Å². The summed E-state index contributed by atoms with van der Waals surface area (Å²) in [6, 6.07) is 6.91. The topological polar surface area (TPSA) is 41.1 Å². The summed E-state index contributed by atoms with van der Waals surface area (Å²) >= 11 is 1.62. The standard InChI is InChI=1S/C16H22N2OS/c1-2-11-3-5-12(6-4-11)17-13-7-8-15-14(9-13)18-16(19)10-20-15/h7-9,11-12,17H,2-6,10H2,1H3,(H,18,19). The zero-order chi connectivity index (χ0) is 13.9. The highest BCUT2D eigenvalue weighted by atomic mass is 32.2. The van der Waals surface area contributed by atoms with Crippen LogP contribution in [0.25, 0.3) is 0 Å². The molecule has 3 rings (SSSR count). The number of thioether (sulfide) groups is 1. The van der Waals surface area contributed by atoms with Crippen molar-refractivity contribution in [1.82, 2.24) is 0 Å². The molecule has 1 aromatic rings. The molecule has 0 unspecified atom stereocenters. The first kappa shape index (κ1) is 13.8. The Bertz CT molecular complexity index is 495. The summed E-state index contributed by atoms with van der Waals surface area (Å²) in [5.41, 5.74) is 2.09. The maximum Gasteiger partial charge on any atom is 0.234 e. The van der Waals surface area contributed by atoms with Gasteiger partial charge in [-0.05, 0) is 49.8 Å². The smallest absolute Gasteiger partial charge is 0.234 e. The number of hydrogen-bond acceptors (Lipinski definition) is 3. The lowest BCUT2D eigenvalue weighted by molar-refractivity contribution is -0.113. The van der Waals surface area contributed by atoms with Crippen LogP contribution in [0.5, 0.6) is 0 Å². The van der Waals surface area contributed by atoms with Gasteiger partial charge in [0, 0.05) is 16.6 Å². The maximum atomic E-state index is 11.4. The fourth-order valence-electron chi connectivity index (χ4n) is 3.12. The maximum absolute atomic E-state index is 11.4. The van der Waals surface area contributed by atoms with Crippen LogP contribution in [0.3, 0.4) is 0 Å². The number of rotatable bonds is 3. The lowest BCUT2D eigenvalue weighted by Gasteiger charge is -2.29. The van der Waals surface area contributed by atoms with Crippen molar-refractivity contribution in [3.63, 3.8) is 0 Å². The van der Waals surface area contributed by atoms with E-state index >= 15 is 0 Å². The van der Waals surface area contributed by atoms with Crippen molar-refractivity contribution in [2.24, 2.45) is 5.92 Å². The summed E-state index contributed by atoms with van der Waals surface area (Å²) in [5.74, 6) is 1.55. The largest absolute Gasteiger partial charge is 0.382 e.